The molecule has 186 valence electrons. The zero-order chi connectivity index (χ0) is 26.5. The lowest BCUT2D eigenvalue weighted by atomic mass is 9.93. The minimum absolute atomic E-state index is 0.0190. The predicted molar refractivity (Wildman–Crippen MR) is 133 cm³/mol. The lowest BCUT2D eigenvalue weighted by Crippen LogP contribution is -2.43. The smallest absolute Gasteiger partial charge is 0.302 e. The molecule has 0 spiro atoms. The first-order valence-electron chi connectivity index (χ1n) is 11.5. The quantitative estimate of drug-likeness (QED) is 0.209. The van der Waals surface area contributed by atoms with Crippen LogP contribution in [-0.2, 0) is 19.1 Å². The van der Waals surface area contributed by atoms with Crippen LogP contribution in [0, 0.1) is 17.1 Å². The molecule has 0 unspecified atom stereocenters. The van der Waals surface area contributed by atoms with Crippen LogP contribution in [0.3, 0.4) is 0 Å². The van der Waals surface area contributed by atoms with Crippen LogP contribution in [0.4, 0.5) is 4.39 Å². The molecule has 9 heteroatoms. The molecule has 2 amide bonds. The molecule has 2 heterocycles. The maximum atomic E-state index is 13.6. The fraction of sp³-hybridized carbons (Fsp3) is 0.179. The van der Waals surface area contributed by atoms with Crippen LogP contribution in [0.1, 0.15) is 25.8 Å². The van der Waals surface area contributed by atoms with Gasteiger partial charge in [0.25, 0.3) is 11.8 Å². The Morgan fingerprint density at radius 3 is 2.46 bits per heavy atom. The van der Waals surface area contributed by atoms with Crippen LogP contribution >= 0.6 is 0 Å². The van der Waals surface area contributed by atoms with Crippen LogP contribution in [0.15, 0.2) is 77.5 Å². The fourth-order valence-electron chi connectivity index (χ4n) is 3.96. The Kier molecular flexibility index (Phi) is 7.39. The van der Waals surface area contributed by atoms with Crippen LogP contribution < -0.4 is 0 Å². The Morgan fingerprint density at radius 1 is 1.11 bits per heavy atom. The van der Waals surface area contributed by atoms with Crippen molar-refractivity contribution in [3.8, 4) is 23.0 Å². The Balaban J connectivity index is 1.80. The van der Waals surface area contributed by atoms with Crippen molar-refractivity contribution in [3.05, 3.63) is 88.9 Å². The van der Waals surface area contributed by atoms with Crippen molar-refractivity contribution in [2.45, 2.75) is 20.3 Å². The molecule has 0 atom stereocenters. The van der Waals surface area contributed by atoms with Gasteiger partial charge in [0, 0.05) is 36.4 Å². The number of amides is 2. The number of halogens is 1. The highest BCUT2D eigenvalue weighted by Crippen LogP contribution is 2.31. The van der Waals surface area contributed by atoms with E-state index in [0.29, 0.717) is 16.8 Å². The topological polar surface area (TPSA) is 105 Å². The standard InChI is InChI=1S/C28H23FN4O4/c1-18-24(27(35)32(28(36)25(18)16-30)13-6-14-37-19(2)34)15-21-17-33(23-7-4-3-5-8-23)31-26(21)20-9-11-22(29)12-10-20/h3-5,7-12,15,17H,6,13-14H2,1-2H3/b24-15+. The number of nitrogens with zero attached hydrogens (tertiary/aromatic N) is 4. The second-order valence-corrected chi connectivity index (χ2v) is 8.35. The maximum Gasteiger partial charge on any atom is 0.302 e. The molecule has 0 fully saturated rings. The van der Waals surface area contributed by atoms with E-state index in [1.54, 1.807) is 36.0 Å². The molecule has 1 aromatic heterocycles. The number of nitriles is 1. The van der Waals surface area contributed by atoms with Gasteiger partial charge in [-0.3, -0.25) is 19.3 Å². The first kappa shape index (κ1) is 25.3. The number of imide groups is 1. The minimum atomic E-state index is -0.691. The van der Waals surface area contributed by atoms with Crippen molar-refractivity contribution >= 4 is 23.9 Å². The lowest BCUT2D eigenvalue weighted by Gasteiger charge is -2.27. The summed E-state index contributed by atoms with van der Waals surface area (Å²) in [6.45, 7) is 2.84. The summed E-state index contributed by atoms with van der Waals surface area (Å²) in [6.07, 6.45) is 3.55. The summed E-state index contributed by atoms with van der Waals surface area (Å²) in [5, 5.41) is 14.3. The van der Waals surface area contributed by atoms with Gasteiger partial charge in [-0.15, -0.1) is 0 Å². The van der Waals surface area contributed by atoms with Crippen molar-refractivity contribution in [3.63, 3.8) is 0 Å². The first-order valence-corrected chi connectivity index (χ1v) is 11.5. The SMILES string of the molecule is CC(=O)OCCCN1C(=O)C(C#N)=C(C)/C(=C\c2cn(-c3ccccc3)nc2-c2ccc(F)cc2)C1=O. The van der Waals surface area contributed by atoms with Gasteiger partial charge in [-0.25, -0.2) is 9.07 Å². The van der Waals surface area contributed by atoms with E-state index >= 15 is 0 Å². The van der Waals surface area contributed by atoms with Crippen LogP contribution in [0.2, 0.25) is 0 Å². The van der Waals surface area contributed by atoms with Gasteiger partial charge in [0.2, 0.25) is 0 Å². The van der Waals surface area contributed by atoms with Gasteiger partial charge >= 0.3 is 5.97 Å². The molecule has 0 radical (unpaired) electrons. The van der Waals surface area contributed by atoms with Crippen molar-refractivity contribution in [2.24, 2.45) is 0 Å². The number of aromatic nitrogens is 2. The second kappa shape index (κ2) is 10.8. The number of esters is 1. The van der Waals surface area contributed by atoms with E-state index in [9.17, 15) is 24.0 Å². The molecule has 0 saturated heterocycles. The number of ether oxygens (including phenoxy) is 1. The second-order valence-electron chi connectivity index (χ2n) is 8.35. The lowest BCUT2D eigenvalue weighted by molar-refractivity contribution is -0.141. The molecule has 37 heavy (non-hydrogen) atoms. The third kappa shape index (κ3) is 5.38. The Labute approximate surface area is 212 Å². The van der Waals surface area contributed by atoms with E-state index in [2.05, 4.69) is 5.10 Å². The normalized spacial score (nSPS) is 14.8. The highest BCUT2D eigenvalue weighted by molar-refractivity contribution is 6.19. The maximum absolute atomic E-state index is 13.6. The van der Waals surface area contributed by atoms with Gasteiger partial charge in [0.05, 0.1) is 18.0 Å². The molecule has 4 rings (SSSR count). The number of carbonyl (C=O) groups excluding carboxylic acids is 3. The van der Waals surface area contributed by atoms with E-state index in [1.165, 1.54) is 19.1 Å². The van der Waals surface area contributed by atoms with Crippen LogP contribution in [-0.4, -0.2) is 45.6 Å². The summed E-state index contributed by atoms with van der Waals surface area (Å²) in [6, 6.07) is 17.1. The van der Waals surface area contributed by atoms with Crippen LogP contribution in [0.25, 0.3) is 23.0 Å². The van der Waals surface area contributed by atoms with Gasteiger partial charge in [0.15, 0.2) is 0 Å². The molecular formula is C28H23FN4O4. The van der Waals surface area contributed by atoms with E-state index in [4.69, 9.17) is 4.74 Å². The van der Waals surface area contributed by atoms with Crippen molar-refractivity contribution in [2.75, 3.05) is 13.2 Å². The number of para-hydroxylation sites is 1. The van der Waals surface area contributed by atoms with Gasteiger partial charge in [-0.2, -0.15) is 10.4 Å². The van der Waals surface area contributed by atoms with Gasteiger partial charge in [-0.05, 0) is 61.4 Å². The summed E-state index contributed by atoms with van der Waals surface area (Å²) in [4.78, 5) is 38.3. The van der Waals surface area contributed by atoms with Crippen molar-refractivity contribution in [1.29, 1.82) is 5.26 Å². The van der Waals surface area contributed by atoms with E-state index in [1.807, 2.05) is 36.4 Å². The average Bonchev–Trinajstić information content (AvgIpc) is 3.31. The van der Waals surface area contributed by atoms with Gasteiger partial charge in [-0.1, -0.05) is 18.2 Å². The minimum Gasteiger partial charge on any atom is -0.466 e. The summed E-state index contributed by atoms with van der Waals surface area (Å²) in [5.74, 6) is -2.12. The van der Waals surface area contributed by atoms with Gasteiger partial charge < -0.3 is 4.74 Å². The largest absolute Gasteiger partial charge is 0.466 e. The third-order valence-corrected chi connectivity index (χ3v) is 5.84. The first-order chi connectivity index (χ1) is 17.8. The van der Waals surface area contributed by atoms with E-state index in [-0.39, 0.29) is 36.3 Å². The molecule has 0 N–H and O–H groups in total. The predicted octanol–water partition coefficient (Wildman–Crippen LogP) is 4.22. The molecule has 3 aromatic rings. The van der Waals surface area contributed by atoms with Gasteiger partial charge in [0.1, 0.15) is 17.5 Å². The molecule has 0 aliphatic carbocycles. The van der Waals surface area contributed by atoms with E-state index in [0.717, 1.165) is 10.6 Å². The third-order valence-electron chi connectivity index (χ3n) is 5.84. The summed E-state index contributed by atoms with van der Waals surface area (Å²) < 4.78 is 20.1. The molecule has 0 saturated carbocycles. The molecule has 0 bridgehead atoms. The number of benzene rings is 2. The number of hydrogen-bond acceptors (Lipinski definition) is 6. The molecule has 2 aromatic carbocycles. The molecule has 1 aliphatic rings. The summed E-state index contributed by atoms with van der Waals surface area (Å²) in [7, 11) is 0. The number of carbonyl (C=O) groups is 3. The zero-order valence-electron chi connectivity index (χ0n) is 20.3. The van der Waals surface area contributed by atoms with Crippen molar-refractivity contribution < 1.29 is 23.5 Å². The average molecular weight is 499 g/mol. The summed E-state index contributed by atoms with van der Waals surface area (Å²) >= 11 is 0. The Bertz CT molecular complexity index is 1460. The zero-order valence-corrected chi connectivity index (χ0v) is 20.3. The van der Waals surface area contributed by atoms with Crippen molar-refractivity contribution in [1.82, 2.24) is 14.7 Å². The molecular weight excluding hydrogens is 475 g/mol. The van der Waals surface area contributed by atoms with E-state index < -0.39 is 23.6 Å². The fourth-order valence-corrected chi connectivity index (χ4v) is 3.96. The number of hydrogen-bond donors (Lipinski definition) is 0. The Morgan fingerprint density at radius 2 is 1.81 bits per heavy atom. The number of rotatable bonds is 7. The van der Waals surface area contributed by atoms with Crippen LogP contribution in [0.5, 0.6) is 0 Å². The Hall–Kier alpha value is -4.84. The highest BCUT2D eigenvalue weighted by Gasteiger charge is 2.35. The monoisotopic (exact) mass is 498 g/mol. The highest BCUT2D eigenvalue weighted by atomic mass is 19.1. The molecule has 1 aliphatic heterocycles. The summed E-state index contributed by atoms with van der Waals surface area (Å²) in [5.41, 5.74) is 2.72. The molecule has 8 nitrogen and oxygen atoms in total.